The van der Waals surface area contributed by atoms with Crippen LogP contribution in [-0.2, 0) is 67.2 Å². The molecular formula is C54H71N7O16. The monoisotopic (exact) mass is 1070 g/mol. The molecule has 7 amide bonds. The number of ether oxygens (including phenoxy) is 2. The van der Waals surface area contributed by atoms with Crippen molar-refractivity contribution in [1.29, 1.82) is 0 Å². The van der Waals surface area contributed by atoms with Crippen LogP contribution in [0.2, 0.25) is 0 Å². The van der Waals surface area contributed by atoms with Crippen molar-refractivity contribution < 1.29 is 78.2 Å². The maximum atomic E-state index is 15.2. The summed E-state index contributed by atoms with van der Waals surface area (Å²) in [6.45, 7) is 7.66. The molecule has 23 nitrogen and oxygen atoms in total. The highest BCUT2D eigenvalue weighted by Gasteiger charge is 2.46. The van der Waals surface area contributed by atoms with Crippen molar-refractivity contribution in [3.63, 3.8) is 0 Å². The van der Waals surface area contributed by atoms with Gasteiger partial charge in [-0.2, -0.15) is 0 Å². The summed E-state index contributed by atoms with van der Waals surface area (Å²) in [7, 11) is 2.78. The number of phenolic OH excluding ortho intramolecular Hbond substituents is 2. The molecule has 0 spiro atoms. The van der Waals surface area contributed by atoms with E-state index in [1.54, 1.807) is 52.0 Å². The molecule has 2 saturated heterocycles. The quantitative estimate of drug-likeness (QED) is 0.0826. The second-order valence-corrected chi connectivity index (χ2v) is 19.9. The number of nitrogens with zero attached hydrogens (tertiary/aromatic N) is 2. The summed E-state index contributed by atoms with van der Waals surface area (Å²) in [6.07, 6.45) is -6.74. The topological polar surface area (TPSA) is 340 Å². The van der Waals surface area contributed by atoms with Gasteiger partial charge in [0.1, 0.15) is 78.0 Å². The summed E-state index contributed by atoms with van der Waals surface area (Å²) in [5, 5.41) is 64.8. The molecule has 0 aliphatic carbocycles. The molecule has 2 aliphatic rings. The largest absolute Gasteiger partial charge is 0.508 e. The van der Waals surface area contributed by atoms with Crippen molar-refractivity contribution in [2.75, 3.05) is 14.2 Å². The van der Waals surface area contributed by atoms with Crippen LogP contribution in [0.1, 0.15) is 83.4 Å². The number of rotatable bonds is 17. The molecule has 0 saturated carbocycles. The van der Waals surface area contributed by atoms with Crippen molar-refractivity contribution in [2.45, 2.75) is 147 Å². The van der Waals surface area contributed by atoms with Gasteiger partial charge in [0.2, 0.25) is 41.4 Å². The smallest absolute Gasteiger partial charge is 0.329 e. The number of hydrogen-bond donors (Lipinski definition) is 10. The summed E-state index contributed by atoms with van der Waals surface area (Å²) in [6, 6.07) is 6.76. The van der Waals surface area contributed by atoms with Crippen molar-refractivity contribution in [2.24, 2.45) is 11.8 Å². The van der Waals surface area contributed by atoms with Gasteiger partial charge >= 0.3 is 11.9 Å². The van der Waals surface area contributed by atoms with Gasteiger partial charge in [-0.15, -0.1) is 0 Å². The number of amides is 7. The number of benzene rings is 3. The fraction of sp³-hybridized carbons (Fsp3) is 0.500. The second-order valence-electron chi connectivity index (χ2n) is 19.9. The number of nitrogens with one attached hydrogen (secondary N) is 5. The number of aliphatic carboxylic acids is 1. The number of carboxylic acids is 1. The van der Waals surface area contributed by atoms with Gasteiger partial charge in [-0.05, 0) is 91.1 Å². The minimum Gasteiger partial charge on any atom is -0.508 e. The van der Waals surface area contributed by atoms with E-state index in [-0.39, 0.29) is 43.6 Å². The normalized spacial score (nSPS) is 24.1. The molecule has 418 valence electrons. The Morgan fingerprint density at radius 1 is 0.753 bits per heavy atom. The number of piperidine rings is 1. The molecule has 3 aromatic carbocycles. The van der Waals surface area contributed by atoms with Crippen LogP contribution >= 0.6 is 0 Å². The molecule has 10 N–H and O–H groups in total. The maximum Gasteiger partial charge on any atom is 0.329 e. The number of cyclic esters (lactones) is 1. The summed E-state index contributed by atoms with van der Waals surface area (Å²) in [5.74, 6) is -10.4. The highest BCUT2D eigenvalue weighted by Crippen LogP contribution is 2.27. The van der Waals surface area contributed by atoms with Crippen LogP contribution in [-0.4, -0.2) is 164 Å². The molecule has 1 unspecified atom stereocenters. The van der Waals surface area contributed by atoms with Gasteiger partial charge in [0.25, 0.3) is 0 Å². The molecule has 2 heterocycles. The number of carbonyl (C=O) groups excluding carboxylic acids is 8. The summed E-state index contributed by atoms with van der Waals surface area (Å²) in [5.41, 5.74) is 1.35. The predicted molar refractivity (Wildman–Crippen MR) is 275 cm³/mol. The first-order valence-electron chi connectivity index (χ1n) is 25.5. The fourth-order valence-electron chi connectivity index (χ4n) is 8.95. The van der Waals surface area contributed by atoms with Crippen LogP contribution in [0.3, 0.4) is 0 Å². The van der Waals surface area contributed by atoms with Gasteiger partial charge < -0.3 is 71.4 Å². The van der Waals surface area contributed by atoms with Gasteiger partial charge in [0.15, 0.2) is 0 Å². The number of aliphatic hydroxyl groups is 2. The van der Waals surface area contributed by atoms with Crippen LogP contribution in [0.25, 0.3) is 0 Å². The number of aromatic hydroxyl groups is 2. The molecule has 0 radical (unpaired) electrons. The van der Waals surface area contributed by atoms with E-state index < -0.39 is 139 Å². The van der Waals surface area contributed by atoms with E-state index in [2.05, 4.69) is 26.6 Å². The Bertz CT molecular complexity index is 2580. The van der Waals surface area contributed by atoms with E-state index >= 15 is 4.79 Å². The second kappa shape index (κ2) is 27.3. The number of methoxy groups -OCH3 is 1. The highest BCUT2D eigenvalue weighted by atomic mass is 16.5. The fourth-order valence-corrected chi connectivity index (χ4v) is 8.95. The third-order valence-corrected chi connectivity index (χ3v) is 13.9. The predicted octanol–water partition coefficient (Wildman–Crippen LogP) is 0.568. The van der Waals surface area contributed by atoms with Crippen LogP contribution < -0.4 is 31.3 Å². The molecule has 23 heteroatoms. The third-order valence-electron chi connectivity index (χ3n) is 13.9. The lowest BCUT2D eigenvalue weighted by atomic mass is 9.95. The zero-order valence-corrected chi connectivity index (χ0v) is 44.1. The average Bonchev–Trinajstić information content (AvgIpc) is 3.39. The Hall–Kier alpha value is -7.79. The molecule has 3 aromatic rings. The maximum absolute atomic E-state index is 15.2. The van der Waals surface area contributed by atoms with E-state index in [0.717, 1.165) is 9.80 Å². The van der Waals surface area contributed by atoms with Gasteiger partial charge in [-0.3, -0.25) is 38.4 Å². The first-order chi connectivity index (χ1) is 36.4. The van der Waals surface area contributed by atoms with Crippen LogP contribution in [0.4, 0.5) is 0 Å². The number of likely N-dealkylation sites (N-methyl/N-ethyl adjacent to an activating group) is 1. The van der Waals surface area contributed by atoms with Crippen molar-refractivity contribution in [3.8, 4) is 17.2 Å². The van der Waals surface area contributed by atoms with Gasteiger partial charge in [-0.1, -0.05) is 70.5 Å². The Balaban J connectivity index is 1.66. The van der Waals surface area contributed by atoms with E-state index in [4.69, 9.17) is 9.47 Å². The molecule has 2 fully saturated rings. The SMILES string of the molecule is CCC(C)[C@H](O)C(=O)N[C@@H](CCC(=O)O)C(=O)N[C@@H]1C(=O)N[C@@H](Cc2ccc(O)cc2)C(=O)N[C@H]2CC[C@@H](O)N(C2=O)[C@@H](Cc2ccc(OC)cc2)C(=O)N(C)[C@@H](Cc2ccc(O)cc2)C(=O)N[C@@H](C(C)C)C(=O)O[C@@H]1C. The number of carbonyl (C=O) groups is 9. The van der Waals surface area contributed by atoms with Gasteiger partial charge in [-0.25, -0.2) is 4.79 Å². The lowest BCUT2D eigenvalue weighted by molar-refractivity contribution is -0.165. The Labute approximate surface area is 446 Å². The van der Waals surface area contributed by atoms with E-state index in [1.807, 2.05) is 0 Å². The Morgan fingerprint density at radius 2 is 1.31 bits per heavy atom. The lowest BCUT2D eigenvalue weighted by Gasteiger charge is -2.43. The summed E-state index contributed by atoms with van der Waals surface area (Å²) < 4.78 is 11.2. The average molecular weight is 1070 g/mol. The Morgan fingerprint density at radius 3 is 1.86 bits per heavy atom. The molecule has 2 bridgehead atoms. The first-order valence-corrected chi connectivity index (χ1v) is 25.5. The Kier molecular flexibility index (Phi) is 21.3. The number of aliphatic hydroxyl groups excluding tert-OH is 2. The first kappa shape index (κ1) is 60.1. The molecule has 77 heavy (non-hydrogen) atoms. The minimum absolute atomic E-state index is 0.0885. The number of carboxylic acid groups (broad SMARTS) is 1. The minimum atomic E-state index is -1.94. The van der Waals surface area contributed by atoms with Crippen LogP contribution in [0.15, 0.2) is 72.8 Å². The van der Waals surface area contributed by atoms with Crippen molar-refractivity contribution in [1.82, 2.24) is 36.4 Å². The van der Waals surface area contributed by atoms with E-state index in [9.17, 15) is 63.9 Å². The third kappa shape index (κ3) is 16.1. The highest BCUT2D eigenvalue weighted by molar-refractivity contribution is 5.98. The van der Waals surface area contributed by atoms with Crippen LogP contribution in [0.5, 0.6) is 17.2 Å². The molecule has 2 aliphatic heterocycles. The summed E-state index contributed by atoms with van der Waals surface area (Å²) in [4.78, 5) is 130. The summed E-state index contributed by atoms with van der Waals surface area (Å²) >= 11 is 0. The number of hydrogen-bond acceptors (Lipinski definition) is 15. The number of phenols is 2. The molecule has 5 rings (SSSR count). The van der Waals surface area contributed by atoms with Gasteiger partial charge in [0, 0.05) is 32.7 Å². The number of esters is 1. The number of fused-ring (bicyclic) bond motifs is 2. The van der Waals surface area contributed by atoms with E-state index in [1.165, 1.54) is 69.6 Å². The molecular weight excluding hydrogens is 1000 g/mol. The van der Waals surface area contributed by atoms with Crippen molar-refractivity contribution in [3.05, 3.63) is 89.5 Å². The van der Waals surface area contributed by atoms with Crippen molar-refractivity contribution >= 4 is 53.3 Å². The zero-order chi connectivity index (χ0) is 56.8. The standard InChI is InChI=1S/C54H71N7O16/c1-8-29(4)46(67)51(72)55-37(22-24-43(65)66)47(68)59-45-30(5)77-54(75)44(28(2)3)58-49(70)40(26-32-11-17-35(63)18-12-32)60(6)53(74)41(27-33-13-19-36(76-7)20-14-33)61-42(64)23-21-38(52(61)73)56-48(69)39(57-50(45)71)25-31-9-15-34(62)16-10-31/h9-20,28-30,37-42,44-46,62-64,67H,8,21-27H2,1-7H3,(H,55,72)(H,56,69)(H,57,71)(H,58,70)(H,59,68)(H,65,66)/t29?,30-,37+,38+,39+,40+,41+,42-,44+,45+,46+/m1/s1. The molecule has 11 atom stereocenters. The van der Waals surface area contributed by atoms with Crippen LogP contribution in [0, 0.1) is 11.8 Å². The molecule has 0 aromatic heterocycles. The van der Waals surface area contributed by atoms with E-state index in [0.29, 0.717) is 28.9 Å². The van der Waals surface area contributed by atoms with Gasteiger partial charge in [0.05, 0.1) is 7.11 Å². The lowest BCUT2D eigenvalue weighted by Crippen LogP contribution is -2.65. The zero-order valence-electron chi connectivity index (χ0n) is 44.1.